The molecule has 10 heteroatoms. The number of halogens is 2. The monoisotopic (exact) mass is 460 g/mol. The third-order valence-corrected chi connectivity index (χ3v) is 6.87. The molecule has 1 aromatic heterocycles. The fourth-order valence-electron chi connectivity index (χ4n) is 5.08. The van der Waals surface area contributed by atoms with Gasteiger partial charge in [0.05, 0.1) is 6.04 Å². The number of nitrogens with zero attached hydrogens (tertiary/aromatic N) is 3. The van der Waals surface area contributed by atoms with Gasteiger partial charge in [-0.15, -0.1) is 10.2 Å². The van der Waals surface area contributed by atoms with E-state index in [9.17, 15) is 18.4 Å². The molecule has 2 aliphatic heterocycles. The van der Waals surface area contributed by atoms with Crippen molar-refractivity contribution in [2.75, 3.05) is 13.2 Å². The minimum atomic E-state index is -2.85. The summed E-state index contributed by atoms with van der Waals surface area (Å²) in [4.78, 5) is 28.0. The average molecular weight is 460 g/mol. The van der Waals surface area contributed by atoms with Gasteiger partial charge in [0, 0.05) is 42.8 Å². The van der Waals surface area contributed by atoms with Gasteiger partial charge in [-0.1, -0.05) is 18.9 Å². The van der Waals surface area contributed by atoms with Gasteiger partial charge >= 0.3 is 6.43 Å². The Bertz CT molecular complexity index is 1040. The third kappa shape index (κ3) is 4.36. The summed E-state index contributed by atoms with van der Waals surface area (Å²) < 4.78 is 36.0. The third-order valence-electron chi connectivity index (χ3n) is 6.87. The van der Waals surface area contributed by atoms with Crippen LogP contribution in [0.25, 0.3) is 11.5 Å². The molecule has 0 bridgehead atoms. The molecule has 1 unspecified atom stereocenters. The molecule has 3 heterocycles. The van der Waals surface area contributed by atoms with Gasteiger partial charge in [0.2, 0.25) is 11.8 Å². The summed E-state index contributed by atoms with van der Waals surface area (Å²) in [5, 5.41) is 10.3. The van der Waals surface area contributed by atoms with E-state index in [-0.39, 0.29) is 35.7 Å². The van der Waals surface area contributed by atoms with E-state index in [1.807, 2.05) is 4.90 Å². The Morgan fingerprint density at radius 2 is 1.91 bits per heavy atom. The number of fused-ring (bicyclic) bond motifs is 1. The summed E-state index contributed by atoms with van der Waals surface area (Å²) in [6.07, 6.45) is 2.27. The van der Waals surface area contributed by atoms with Crippen LogP contribution in [0.1, 0.15) is 66.8 Å². The van der Waals surface area contributed by atoms with Crippen LogP contribution in [0.15, 0.2) is 22.6 Å². The number of nitrogens with one attached hydrogen (secondary N) is 1. The predicted molar refractivity (Wildman–Crippen MR) is 112 cm³/mol. The number of carbonyl (C=O) groups excluding carboxylic acids is 2. The van der Waals surface area contributed by atoms with E-state index in [4.69, 9.17) is 9.15 Å². The summed E-state index contributed by atoms with van der Waals surface area (Å²) in [5.74, 6) is -0.907. The molecule has 0 spiro atoms. The van der Waals surface area contributed by atoms with Crippen LogP contribution in [0.2, 0.25) is 0 Å². The normalized spacial score (nSPS) is 23.7. The Morgan fingerprint density at radius 1 is 1.12 bits per heavy atom. The maximum absolute atomic E-state index is 13.3. The van der Waals surface area contributed by atoms with Crippen LogP contribution in [-0.4, -0.2) is 52.2 Å². The molecule has 1 aliphatic carbocycles. The van der Waals surface area contributed by atoms with Gasteiger partial charge in [-0.05, 0) is 43.4 Å². The van der Waals surface area contributed by atoms with Crippen molar-refractivity contribution in [3.63, 3.8) is 0 Å². The van der Waals surface area contributed by atoms with Crippen molar-refractivity contribution in [3.05, 3.63) is 35.2 Å². The molecule has 2 amide bonds. The topological polar surface area (TPSA) is 97.6 Å². The zero-order chi connectivity index (χ0) is 22.9. The maximum Gasteiger partial charge on any atom is 0.314 e. The quantitative estimate of drug-likeness (QED) is 0.734. The molecule has 2 aromatic rings. The lowest BCUT2D eigenvalue weighted by molar-refractivity contribution is -0.129. The minimum absolute atomic E-state index is 0.0390. The van der Waals surface area contributed by atoms with Gasteiger partial charge in [-0.3, -0.25) is 9.59 Å². The molecule has 1 aromatic carbocycles. The summed E-state index contributed by atoms with van der Waals surface area (Å²) in [6.45, 7) is 1.66. The van der Waals surface area contributed by atoms with E-state index >= 15 is 0 Å². The Balaban J connectivity index is 1.32. The van der Waals surface area contributed by atoms with Gasteiger partial charge in [0.25, 0.3) is 11.8 Å². The number of rotatable bonds is 5. The van der Waals surface area contributed by atoms with Crippen molar-refractivity contribution in [1.29, 1.82) is 0 Å². The summed E-state index contributed by atoms with van der Waals surface area (Å²) >= 11 is 0. The van der Waals surface area contributed by atoms with E-state index in [2.05, 4.69) is 15.5 Å². The number of alkyl halides is 2. The van der Waals surface area contributed by atoms with Crippen molar-refractivity contribution >= 4 is 11.8 Å². The highest BCUT2D eigenvalue weighted by atomic mass is 19.3. The molecule has 8 nitrogen and oxygen atoms in total. The lowest BCUT2D eigenvalue weighted by Crippen LogP contribution is -2.54. The fourth-order valence-corrected chi connectivity index (χ4v) is 5.08. The second-order valence-corrected chi connectivity index (χ2v) is 8.90. The molecular weight excluding hydrogens is 434 g/mol. The number of hydrogen-bond donors (Lipinski definition) is 1. The molecule has 3 aliphatic rings. The van der Waals surface area contributed by atoms with Crippen molar-refractivity contribution in [2.24, 2.45) is 5.92 Å². The van der Waals surface area contributed by atoms with Crippen LogP contribution >= 0.6 is 0 Å². The number of hydrogen-bond acceptors (Lipinski definition) is 6. The molecule has 1 N–H and O–H groups in total. The highest BCUT2D eigenvalue weighted by molar-refractivity contribution is 5.99. The first-order valence-corrected chi connectivity index (χ1v) is 11.4. The number of amides is 2. The molecule has 176 valence electrons. The van der Waals surface area contributed by atoms with Gasteiger partial charge in [0.1, 0.15) is 0 Å². The van der Waals surface area contributed by atoms with Gasteiger partial charge in [-0.25, -0.2) is 0 Å². The van der Waals surface area contributed by atoms with E-state index < -0.39 is 12.3 Å². The minimum Gasteiger partial charge on any atom is -0.415 e. The smallest absolute Gasteiger partial charge is 0.314 e. The highest BCUT2D eigenvalue weighted by Gasteiger charge is 2.39. The van der Waals surface area contributed by atoms with E-state index in [0.717, 1.165) is 44.1 Å². The first-order chi connectivity index (χ1) is 16.0. The fraction of sp³-hybridized carbons (Fsp3) is 0.565. The SMILES string of the molecule is O=C(N[C@@H]1CCCCC1N1Cc2ccc(-c3nnc(C(F)F)o3)cc2C1=O)C1CCOCC1. The average Bonchev–Trinajstić information content (AvgIpc) is 3.45. The Hall–Kier alpha value is -2.88. The van der Waals surface area contributed by atoms with Crippen LogP contribution in [0.5, 0.6) is 0 Å². The number of benzene rings is 1. The summed E-state index contributed by atoms with van der Waals surface area (Å²) in [7, 11) is 0. The van der Waals surface area contributed by atoms with Gasteiger partial charge in [-0.2, -0.15) is 8.78 Å². The number of aromatic nitrogens is 2. The Labute approximate surface area is 189 Å². The zero-order valence-electron chi connectivity index (χ0n) is 18.1. The molecule has 33 heavy (non-hydrogen) atoms. The first-order valence-electron chi connectivity index (χ1n) is 11.4. The van der Waals surface area contributed by atoms with Gasteiger partial charge in [0.15, 0.2) is 0 Å². The molecule has 2 fully saturated rings. The van der Waals surface area contributed by atoms with Crippen LogP contribution in [0.4, 0.5) is 8.78 Å². The first kappa shape index (κ1) is 21.9. The summed E-state index contributed by atoms with van der Waals surface area (Å²) in [5.41, 5.74) is 1.79. The van der Waals surface area contributed by atoms with Crippen molar-refractivity contribution < 1.29 is 27.5 Å². The van der Waals surface area contributed by atoms with Crippen LogP contribution in [0.3, 0.4) is 0 Å². The number of ether oxygens (including phenoxy) is 1. The van der Waals surface area contributed by atoms with Crippen molar-refractivity contribution in [1.82, 2.24) is 20.4 Å². The molecule has 2 atom stereocenters. The number of carbonyl (C=O) groups is 2. The predicted octanol–water partition coefficient (Wildman–Crippen LogP) is 3.48. The second-order valence-electron chi connectivity index (χ2n) is 8.90. The lowest BCUT2D eigenvalue weighted by Gasteiger charge is -2.39. The maximum atomic E-state index is 13.3. The van der Waals surface area contributed by atoms with Gasteiger partial charge < -0.3 is 19.4 Å². The molecule has 5 rings (SSSR count). The Morgan fingerprint density at radius 3 is 2.67 bits per heavy atom. The van der Waals surface area contributed by atoms with Crippen molar-refractivity contribution in [2.45, 2.75) is 63.6 Å². The molecule has 1 saturated carbocycles. The van der Waals surface area contributed by atoms with Crippen LogP contribution in [-0.2, 0) is 16.1 Å². The van der Waals surface area contributed by atoms with E-state index in [1.54, 1.807) is 18.2 Å². The Kier molecular flexibility index (Phi) is 6.09. The summed E-state index contributed by atoms with van der Waals surface area (Å²) in [6, 6.07) is 4.95. The van der Waals surface area contributed by atoms with Crippen LogP contribution < -0.4 is 5.32 Å². The van der Waals surface area contributed by atoms with E-state index in [0.29, 0.717) is 30.9 Å². The van der Waals surface area contributed by atoms with E-state index in [1.165, 1.54) is 0 Å². The highest BCUT2D eigenvalue weighted by Crippen LogP contribution is 2.34. The van der Waals surface area contributed by atoms with Crippen molar-refractivity contribution in [3.8, 4) is 11.5 Å². The standard InChI is InChI=1S/C23H26F2N4O4/c24-19(25)22-28-27-21(33-22)14-5-6-15-12-29(23(31)16(15)11-14)18-4-2-1-3-17(18)26-20(30)13-7-9-32-10-8-13/h5-6,11,13,17-19H,1-4,7-10,12H2,(H,26,30)/t17-,18?/m1/s1. The van der Waals surface area contributed by atoms with Crippen LogP contribution in [0, 0.1) is 5.92 Å². The molecular formula is C23H26F2N4O4. The zero-order valence-corrected chi connectivity index (χ0v) is 18.1. The largest absolute Gasteiger partial charge is 0.415 e. The lowest BCUT2D eigenvalue weighted by atomic mass is 9.88. The molecule has 0 radical (unpaired) electrons. The molecule has 1 saturated heterocycles. The second kappa shape index (κ2) is 9.17.